The van der Waals surface area contributed by atoms with E-state index in [1.165, 1.54) is 0 Å². The number of guanidine groups is 1. The second-order valence-electron chi connectivity index (χ2n) is 5.88. The van der Waals surface area contributed by atoms with Crippen molar-refractivity contribution < 1.29 is 4.55 Å². The smallest absolute Gasteiger partial charge is 0.211 e. The molecule has 0 aliphatic rings. The van der Waals surface area contributed by atoms with E-state index >= 15 is 0 Å². The zero-order valence-corrected chi connectivity index (χ0v) is 16.4. The maximum atomic E-state index is 12.8. The Balaban J connectivity index is 1.56. The van der Waals surface area contributed by atoms with Gasteiger partial charge in [0.05, 0.1) is 29.8 Å². The van der Waals surface area contributed by atoms with Gasteiger partial charge in [-0.05, 0) is 29.8 Å². The molecule has 8 heteroatoms. The molecule has 0 saturated carbocycles. The first-order valence-corrected chi connectivity index (χ1v) is 10.1. The number of benzene rings is 2. The Morgan fingerprint density at radius 3 is 2.59 bits per heavy atom. The minimum atomic E-state index is -1.38. The summed E-state index contributed by atoms with van der Waals surface area (Å²) in [5, 5.41) is 14.8. The molecule has 3 rings (SSSR count). The second-order valence-corrected chi connectivity index (χ2v) is 7.15. The van der Waals surface area contributed by atoms with Gasteiger partial charge >= 0.3 is 0 Å². The van der Waals surface area contributed by atoms with E-state index in [0.29, 0.717) is 24.7 Å². The molecule has 7 nitrogen and oxygen atoms in total. The van der Waals surface area contributed by atoms with Crippen molar-refractivity contribution in [3.8, 4) is 17.3 Å². The molecule has 0 saturated heterocycles. The normalized spacial score (nSPS) is 12.1. The first kappa shape index (κ1) is 20.4. The minimum Gasteiger partial charge on any atom is -0.593 e. The highest BCUT2D eigenvalue weighted by Crippen LogP contribution is 2.26. The average molecular weight is 404 g/mol. The van der Waals surface area contributed by atoms with Crippen LogP contribution in [0.2, 0.25) is 0 Å². The molecule has 3 N–H and O–H groups in total. The molecule has 1 aromatic heterocycles. The highest BCUT2D eigenvalue weighted by atomic mass is 32.2. The number of aliphatic imine (C=N–C) groups is 1. The minimum absolute atomic E-state index is 0.303. The van der Waals surface area contributed by atoms with Crippen LogP contribution in [0.4, 0.5) is 5.69 Å². The summed E-state index contributed by atoms with van der Waals surface area (Å²) in [6.07, 6.45) is 5.04. The van der Waals surface area contributed by atoms with E-state index in [-0.39, 0.29) is 0 Å². The SMILES string of the molecule is N#C/N=C(\NCCN[S+]([O-])c1ccccc1-c1ccccc1)Nc1cccnc1. The van der Waals surface area contributed by atoms with Gasteiger partial charge in [-0.25, -0.2) is 0 Å². The quantitative estimate of drug-likeness (QED) is 0.184. The molecule has 2 aromatic carbocycles. The number of nitriles is 1. The van der Waals surface area contributed by atoms with Gasteiger partial charge in [-0.3, -0.25) is 4.98 Å². The number of nitrogens with zero attached hydrogens (tertiary/aromatic N) is 3. The highest BCUT2D eigenvalue weighted by Gasteiger charge is 2.17. The molecule has 0 fully saturated rings. The van der Waals surface area contributed by atoms with Gasteiger partial charge in [-0.2, -0.15) is 5.26 Å². The van der Waals surface area contributed by atoms with Gasteiger partial charge in [0, 0.05) is 18.3 Å². The largest absolute Gasteiger partial charge is 0.593 e. The third-order valence-electron chi connectivity index (χ3n) is 3.91. The van der Waals surface area contributed by atoms with E-state index in [1.54, 1.807) is 24.7 Å². The van der Waals surface area contributed by atoms with Crippen molar-refractivity contribution in [2.75, 3.05) is 18.4 Å². The summed E-state index contributed by atoms with van der Waals surface area (Å²) in [4.78, 5) is 8.44. The highest BCUT2D eigenvalue weighted by molar-refractivity contribution is 7.89. The lowest BCUT2D eigenvalue weighted by Gasteiger charge is -2.15. The van der Waals surface area contributed by atoms with Gasteiger partial charge in [0.1, 0.15) is 0 Å². The average Bonchev–Trinajstić information content (AvgIpc) is 2.78. The van der Waals surface area contributed by atoms with Crippen LogP contribution in [0.15, 0.2) is 89.0 Å². The van der Waals surface area contributed by atoms with E-state index in [9.17, 15) is 4.55 Å². The lowest BCUT2D eigenvalue weighted by Crippen LogP contribution is -2.37. The molecular weight excluding hydrogens is 384 g/mol. The molecule has 29 heavy (non-hydrogen) atoms. The maximum absolute atomic E-state index is 12.8. The number of anilines is 1. The molecule has 0 spiro atoms. The van der Waals surface area contributed by atoms with Crippen molar-refractivity contribution >= 4 is 23.0 Å². The Labute approximate surface area is 172 Å². The predicted molar refractivity (Wildman–Crippen MR) is 115 cm³/mol. The molecule has 0 aliphatic heterocycles. The van der Waals surface area contributed by atoms with Crippen LogP contribution in [0.3, 0.4) is 0 Å². The Morgan fingerprint density at radius 1 is 1.03 bits per heavy atom. The van der Waals surface area contributed by atoms with Crippen LogP contribution < -0.4 is 15.4 Å². The van der Waals surface area contributed by atoms with E-state index in [1.807, 2.05) is 60.7 Å². The number of aromatic nitrogens is 1. The van der Waals surface area contributed by atoms with Crippen LogP contribution >= 0.6 is 0 Å². The summed E-state index contributed by atoms with van der Waals surface area (Å²) in [6, 6.07) is 21.1. The molecule has 1 atom stereocenters. The Kier molecular flexibility index (Phi) is 7.60. The van der Waals surface area contributed by atoms with Crippen LogP contribution in [0, 0.1) is 11.5 Å². The standard InChI is InChI=1S/C21H20N6OS/c22-16-25-21(27-18-9-6-12-23-15-18)24-13-14-26-29(28)20-11-5-4-10-19(20)17-7-2-1-3-8-17/h1-12,15,26H,13-14H2,(H2,24,25,27). The molecule has 0 aliphatic carbocycles. The summed E-state index contributed by atoms with van der Waals surface area (Å²) in [5.41, 5.74) is 2.65. The summed E-state index contributed by atoms with van der Waals surface area (Å²) in [5.74, 6) is 0.303. The van der Waals surface area contributed by atoms with Crippen molar-refractivity contribution in [2.24, 2.45) is 4.99 Å². The summed E-state index contributed by atoms with van der Waals surface area (Å²) in [7, 11) is 0. The Bertz CT molecular complexity index is 975. The number of pyridine rings is 1. The first-order valence-electron chi connectivity index (χ1n) is 8.95. The fourth-order valence-electron chi connectivity index (χ4n) is 2.62. The predicted octanol–water partition coefficient (Wildman–Crippen LogP) is 2.90. The van der Waals surface area contributed by atoms with E-state index < -0.39 is 11.4 Å². The Hall–Kier alpha value is -3.38. The molecule has 1 unspecified atom stereocenters. The van der Waals surface area contributed by atoms with Gasteiger partial charge in [0.2, 0.25) is 12.2 Å². The van der Waals surface area contributed by atoms with Crippen molar-refractivity contribution in [3.05, 3.63) is 79.1 Å². The van der Waals surface area contributed by atoms with Gasteiger partial charge in [0.25, 0.3) is 0 Å². The number of hydrogen-bond acceptors (Lipinski definition) is 5. The number of rotatable bonds is 7. The van der Waals surface area contributed by atoms with Gasteiger partial charge in [-0.15, -0.1) is 9.71 Å². The number of nitrogens with one attached hydrogen (secondary N) is 3. The third kappa shape index (κ3) is 6.05. The monoisotopic (exact) mass is 404 g/mol. The van der Waals surface area contributed by atoms with Gasteiger partial charge in [-0.1, -0.05) is 42.5 Å². The summed E-state index contributed by atoms with van der Waals surface area (Å²) >= 11 is -1.38. The lowest BCUT2D eigenvalue weighted by molar-refractivity contribution is 0.580. The van der Waals surface area contributed by atoms with Crippen molar-refractivity contribution in [1.29, 1.82) is 5.26 Å². The molecule has 3 aromatic rings. The van der Waals surface area contributed by atoms with Crippen LogP contribution in [0.25, 0.3) is 11.1 Å². The topological polar surface area (TPSA) is 108 Å². The molecule has 146 valence electrons. The molecule has 0 amide bonds. The lowest BCUT2D eigenvalue weighted by atomic mass is 10.1. The zero-order chi connectivity index (χ0) is 20.3. The van der Waals surface area contributed by atoms with Gasteiger partial charge < -0.3 is 15.2 Å². The molecule has 1 heterocycles. The fourth-order valence-corrected chi connectivity index (χ4v) is 3.65. The van der Waals surface area contributed by atoms with E-state index in [2.05, 4.69) is 25.3 Å². The van der Waals surface area contributed by atoms with Crippen molar-refractivity contribution in [1.82, 2.24) is 15.0 Å². The molecule has 0 radical (unpaired) electrons. The molecular formula is C21H20N6OS. The van der Waals surface area contributed by atoms with Crippen molar-refractivity contribution in [2.45, 2.75) is 4.90 Å². The van der Waals surface area contributed by atoms with E-state index in [4.69, 9.17) is 5.26 Å². The number of hydrogen-bond donors (Lipinski definition) is 3. The summed E-state index contributed by atoms with van der Waals surface area (Å²) < 4.78 is 15.8. The summed E-state index contributed by atoms with van der Waals surface area (Å²) in [6.45, 7) is 0.835. The van der Waals surface area contributed by atoms with Crippen LogP contribution in [0.5, 0.6) is 0 Å². The van der Waals surface area contributed by atoms with Gasteiger partial charge in [0.15, 0.2) is 4.90 Å². The zero-order valence-electron chi connectivity index (χ0n) is 15.6. The van der Waals surface area contributed by atoms with Crippen molar-refractivity contribution in [3.63, 3.8) is 0 Å². The maximum Gasteiger partial charge on any atom is 0.211 e. The van der Waals surface area contributed by atoms with E-state index in [0.717, 1.165) is 16.0 Å². The third-order valence-corrected chi connectivity index (χ3v) is 5.13. The first-order chi connectivity index (χ1) is 14.3. The van der Waals surface area contributed by atoms with Crippen LogP contribution in [0.1, 0.15) is 0 Å². The van der Waals surface area contributed by atoms with Crippen LogP contribution in [-0.2, 0) is 11.4 Å². The molecule has 0 bridgehead atoms. The fraction of sp³-hybridized carbons (Fsp3) is 0.0952. The second kappa shape index (κ2) is 10.8. The Morgan fingerprint density at radius 2 is 1.83 bits per heavy atom. The van der Waals surface area contributed by atoms with Crippen LogP contribution in [-0.4, -0.2) is 28.6 Å².